The van der Waals surface area contributed by atoms with E-state index in [0.717, 1.165) is 16.9 Å². The van der Waals surface area contributed by atoms with Gasteiger partial charge in [-0.25, -0.2) is 0 Å². The molecule has 0 saturated carbocycles. The van der Waals surface area contributed by atoms with Crippen molar-refractivity contribution < 1.29 is 19.0 Å². The van der Waals surface area contributed by atoms with E-state index >= 15 is 0 Å². The fraction of sp³-hybridized carbons (Fsp3) is 0.381. The zero-order valence-corrected chi connectivity index (χ0v) is 16.3. The molecule has 140 valence electrons. The molecule has 1 amide bonds. The summed E-state index contributed by atoms with van der Waals surface area (Å²) in [6.07, 6.45) is 0. The van der Waals surface area contributed by atoms with Gasteiger partial charge in [-0.1, -0.05) is 32.9 Å². The fourth-order valence-corrected chi connectivity index (χ4v) is 2.61. The van der Waals surface area contributed by atoms with E-state index in [4.69, 9.17) is 14.2 Å². The maximum absolute atomic E-state index is 12.4. The zero-order chi connectivity index (χ0) is 19.3. The van der Waals surface area contributed by atoms with Crippen molar-refractivity contribution in [3.8, 4) is 17.2 Å². The van der Waals surface area contributed by atoms with Crippen LogP contribution in [0, 0.1) is 6.92 Å². The van der Waals surface area contributed by atoms with Gasteiger partial charge in [-0.2, -0.15) is 0 Å². The first kappa shape index (κ1) is 19.6. The Morgan fingerprint density at radius 2 is 1.73 bits per heavy atom. The van der Waals surface area contributed by atoms with Crippen LogP contribution in [0.3, 0.4) is 0 Å². The highest BCUT2D eigenvalue weighted by Crippen LogP contribution is 2.32. The summed E-state index contributed by atoms with van der Waals surface area (Å²) < 4.78 is 16.3. The molecular weight excluding hydrogens is 330 g/mol. The van der Waals surface area contributed by atoms with Crippen LogP contribution < -0.4 is 19.5 Å². The number of aryl methyl sites for hydroxylation is 1. The van der Waals surface area contributed by atoms with Gasteiger partial charge in [0.2, 0.25) is 0 Å². The molecule has 2 aromatic carbocycles. The lowest BCUT2D eigenvalue weighted by molar-refractivity contribution is -0.118. The summed E-state index contributed by atoms with van der Waals surface area (Å²) >= 11 is 0. The average molecular weight is 357 g/mol. The van der Waals surface area contributed by atoms with Crippen LogP contribution in [0.25, 0.3) is 0 Å². The number of anilines is 1. The normalized spacial score (nSPS) is 11.0. The summed E-state index contributed by atoms with van der Waals surface area (Å²) in [5.41, 5.74) is 2.62. The SMILES string of the molecule is COc1ccc(OC)c(NC(=O)COc2cc(C)ccc2C(C)(C)C)c1. The fourth-order valence-electron chi connectivity index (χ4n) is 2.61. The number of benzene rings is 2. The van der Waals surface area contributed by atoms with Gasteiger partial charge in [-0.05, 0) is 41.7 Å². The summed E-state index contributed by atoms with van der Waals surface area (Å²) in [7, 11) is 3.12. The molecular formula is C21H27NO4. The summed E-state index contributed by atoms with van der Waals surface area (Å²) in [6, 6.07) is 11.3. The Morgan fingerprint density at radius 1 is 1.00 bits per heavy atom. The largest absolute Gasteiger partial charge is 0.497 e. The molecule has 0 aliphatic carbocycles. The lowest BCUT2D eigenvalue weighted by Crippen LogP contribution is -2.22. The van der Waals surface area contributed by atoms with Crippen LogP contribution in [-0.2, 0) is 10.2 Å². The molecule has 0 aliphatic heterocycles. The number of ether oxygens (including phenoxy) is 3. The number of carbonyl (C=O) groups is 1. The summed E-state index contributed by atoms with van der Waals surface area (Å²) in [6.45, 7) is 8.26. The van der Waals surface area contributed by atoms with Crippen LogP contribution in [0.15, 0.2) is 36.4 Å². The van der Waals surface area contributed by atoms with Crippen LogP contribution in [0.5, 0.6) is 17.2 Å². The number of nitrogens with one attached hydrogen (secondary N) is 1. The van der Waals surface area contributed by atoms with Gasteiger partial charge in [0, 0.05) is 6.07 Å². The third-order valence-corrected chi connectivity index (χ3v) is 3.98. The first-order valence-corrected chi connectivity index (χ1v) is 8.50. The Labute approximate surface area is 155 Å². The topological polar surface area (TPSA) is 56.8 Å². The first-order chi connectivity index (χ1) is 12.2. The molecule has 0 aliphatic rings. The molecule has 0 spiro atoms. The molecule has 1 N–H and O–H groups in total. The van der Waals surface area contributed by atoms with Gasteiger partial charge in [-0.15, -0.1) is 0 Å². The number of hydrogen-bond donors (Lipinski definition) is 1. The molecule has 0 heterocycles. The molecule has 0 radical (unpaired) electrons. The predicted molar refractivity (Wildman–Crippen MR) is 104 cm³/mol. The minimum Gasteiger partial charge on any atom is -0.497 e. The number of amides is 1. The summed E-state index contributed by atoms with van der Waals surface area (Å²) in [4.78, 5) is 12.4. The highest BCUT2D eigenvalue weighted by Gasteiger charge is 2.20. The lowest BCUT2D eigenvalue weighted by atomic mass is 9.86. The van der Waals surface area contributed by atoms with Gasteiger partial charge < -0.3 is 19.5 Å². The average Bonchev–Trinajstić information content (AvgIpc) is 2.58. The van der Waals surface area contributed by atoms with Crippen LogP contribution in [0.1, 0.15) is 31.9 Å². The van der Waals surface area contributed by atoms with Crippen molar-refractivity contribution in [3.05, 3.63) is 47.5 Å². The van der Waals surface area contributed by atoms with Gasteiger partial charge in [0.25, 0.3) is 5.91 Å². The molecule has 5 nitrogen and oxygen atoms in total. The molecule has 0 saturated heterocycles. The molecule has 0 aromatic heterocycles. The van der Waals surface area contributed by atoms with Gasteiger partial charge in [0.05, 0.1) is 19.9 Å². The van der Waals surface area contributed by atoms with E-state index in [1.807, 2.05) is 19.1 Å². The van der Waals surface area contributed by atoms with Crippen molar-refractivity contribution in [2.24, 2.45) is 0 Å². The summed E-state index contributed by atoms with van der Waals surface area (Å²) in [5, 5.41) is 2.81. The smallest absolute Gasteiger partial charge is 0.262 e. The Balaban J connectivity index is 2.12. The molecule has 2 aromatic rings. The molecule has 26 heavy (non-hydrogen) atoms. The van der Waals surface area contributed by atoms with E-state index in [1.54, 1.807) is 32.4 Å². The monoisotopic (exact) mass is 357 g/mol. The van der Waals surface area contributed by atoms with E-state index in [0.29, 0.717) is 17.2 Å². The molecule has 0 unspecified atom stereocenters. The Hall–Kier alpha value is -2.69. The quantitative estimate of drug-likeness (QED) is 0.836. The van der Waals surface area contributed by atoms with E-state index in [9.17, 15) is 4.79 Å². The number of rotatable bonds is 6. The maximum atomic E-state index is 12.4. The summed E-state index contributed by atoms with van der Waals surface area (Å²) in [5.74, 6) is 1.66. The van der Waals surface area contributed by atoms with Gasteiger partial charge in [-0.3, -0.25) is 4.79 Å². The van der Waals surface area contributed by atoms with Crippen molar-refractivity contribution in [1.82, 2.24) is 0 Å². The van der Waals surface area contributed by atoms with Crippen molar-refractivity contribution in [2.75, 3.05) is 26.1 Å². The third kappa shape index (κ3) is 4.91. The first-order valence-electron chi connectivity index (χ1n) is 8.50. The standard InChI is InChI=1S/C21H27NO4/c1-14-7-9-16(21(2,3)4)19(11-14)26-13-20(23)22-17-12-15(24-5)8-10-18(17)25-6/h7-12H,13H2,1-6H3,(H,22,23). The number of methoxy groups -OCH3 is 2. The van der Waals surface area contributed by atoms with Gasteiger partial charge in [0.1, 0.15) is 17.2 Å². The van der Waals surface area contributed by atoms with Crippen LogP contribution >= 0.6 is 0 Å². The van der Waals surface area contributed by atoms with Crippen molar-refractivity contribution >= 4 is 11.6 Å². The molecule has 0 fully saturated rings. The number of carbonyl (C=O) groups excluding carboxylic acids is 1. The van der Waals surface area contributed by atoms with E-state index < -0.39 is 0 Å². The second-order valence-electron chi connectivity index (χ2n) is 7.15. The Morgan fingerprint density at radius 3 is 2.35 bits per heavy atom. The third-order valence-electron chi connectivity index (χ3n) is 3.98. The minimum absolute atomic E-state index is 0.0739. The Bertz CT molecular complexity index is 778. The second kappa shape index (κ2) is 8.13. The van der Waals surface area contributed by atoms with Crippen LogP contribution in [-0.4, -0.2) is 26.7 Å². The van der Waals surface area contributed by atoms with E-state index in [1.165, 1.54) is 0 Å². The highest BCUT2D eigenvalue weighted by atomic mass is 16.5. The molecule has 0 atom stereocenters. The van der Waals surface area contributed by atoms with Crippen LogP contribution in [0.4, 0.5) is 5.69 Å². The Kier molecular flexibility index (Phi) is 6.14. The molecule has 2 rings (SSSR count). The molecule has 0 bridgehead atoms. The van der Waals surface area contributed by atoms with E-state index in [-0.39, 0.29) is 17.9 Å². The van der Waals surface area contributed by atoms with Crippen molar-refractivity contribution in [3.63, 3.8) is 0 Å². The predicted octanol–water partition coefficient (Wildman–Crippen LogP) is 4.33. The highest BCUT2D eigenvalue weighted by molar-refractivity contribution is 5.93. The lowest BCUT2D eigenvalue weighted by Gasteiger charge is -2.23. The second-order valence-corrected chi connectivity index (χ2v) is 7.15. The van der Waals surface area contributed by atoms with Crippen molar-refractivity contribution in [1.29, 1.82) is 0 Å². The van der Waals surface area contributed by atoms with E-state index in [2.05, 4.69) is 32.2 Å². The number of hydrogen-bond acceptors (Lipinski definition) is 4. The maximum Gasteiger partial charge on any atom is 0.262 e. The molecule has 5 heteroatoms. The zero-order valence-electron chi connectivity index (χ0n) is 16.3. The van der Waals surface area contributed by atoms with Gasteiger partial charge in [0.15, 0.2) is 6.61 Å². The van der Waals surface area contributed by atoms with Gasteiger partial charge >= 0.3 is 0 Å². The van der Waals surface area contributed by atoms with Crippen LogP contribution in [0.2, 0.25) is 0 Å². The minimum atomic E-state index is -0.266. The van der Waals surface area contributed by atoms with Crippen molar-refractivity contribution in [2.45, 2.75) is 33.1 Å².